The van der Waals surface area contributed by atoms with Gasteiger partial charge in [0.1, 0.15) is 5.76 Å². The van der Waals surface area contributed by atoms with Gasteiger partial charge in [0.15, 0.2) is 5.76 Å². The van der Waals surface area contributed by atoms with Crippen molar-refractivity contribution in [2.45, 2.75) is 85.0 Å². The molecule has 1 aliphatic rings. The van der Waals surface area contributed by atoms with E-state index in [0.29, 0.717) is 17.7 Å². The standard InChI is InChI=1S/C25H36N2O2/c1-18(2)20(4)26-25(28)24-15-14-23(29-24)17-27(22-12-6-5-7-13-22)16-21-11-9-8-10-19(21)3/h8-11,14-15,18,20,22H,5-7,12-13,16-17H2,1-4H3,(H,26,28). The van der Waals surface area contributed by atoms with Gasteiger partial charge in [-0.3, -0.25) is 9.69 Å². The minimum atomic E-state index is -0.124. The molecule has 1 atom stereocenters. The molecule has 2 aromatic rings. The molecule has 0 bridgehead atoms. The number of benzene rings is 1. The molecule has 1 heterocycles. The minimum absolute atomic E-state index is 0.121. The van der Waals surface area contributed by atoms with Crippen LogP contribution in [-0.2, 0) is 13.1 Å². The fraction of sp³-hybridized carbons (Fsp3) is 0.560. The number of carbonyl (C=O) groups is 1. The van der Waals surface area contributed by atoms with E-state index >= 15 is 0 Å². The van der Waals surface area contributed by atoms with Crippen molar-refractivity contribution in [1.82, 2.24) is 10.2 Å². The number of amides is 1. The first-order chi connectivity index (χ1) is 13.9. The van der Waals surface area contributed by atoms with Crippen molar-refractivity contribution >= 4 is 5.91 Å². The third kappa shape index (κ3) is 5.96. The second kappa shape index (κ2) is 10.1. The molecule has 4 heteroatoms. The van der Waals surface area contributed by atoms with Crippen LogP contribution in [0.4, 0.5) is 0 Å². The molecule has 158 valence electrons. The predicted molar refractivity (Wildman–Crippen MR) is 118 cm³/mol. The van der Waals surface area contributed by atoms with E-state index in [2.05, 4.69) is 55.3 Å². The second-order valence-electron chi connectivity index (χ2n) is 8.90. The van der Waals surface area contributed by atoms with Crippen LogP contribution in [0.5, 0.6) is 0 Å². The van der Waals surface area contributed by atoms with Crippen molar-refractivity contribution in [2.75, 3.05) is 0 Å². The second-order valence-corrected chi connectivity index (χ2v) is 8.90. The number of aryl methyl sites for hydroxylation is 1. The van der Waals surface area contributed by atoms with Crippen LogP contribution in [-0.4, -0.2) is 22.9 Å². The summed E-state index contributed by atoms with van der Waals surface area (Å²) in [6.45, 7) is 10.1. The Labute approximate surface area is 175 Å². The van der Waals surface area contributed by atoms with Crippen molar-refractivity contribution in [3.63, 3.8) is 0 Å². The summed E-state index contributed by atoms with van der Waals surface area (Å²) in [4.78, 5) is 15.0. The Morgan fingerprint density at radius 3 is 2.48 bits per heavy atom. The lowest BCUT2D eigenvalue weighted by atomic mass is 9.93. The fourth-order valence-corrected chi connectivity index (χ4v) is 4.00. The van der Waals surface area contributed by atoms with E-state index in [1.807, 2.05) is 19.1 Å². The van der Waals surface area contributed by atoms with E-state index in [4.69, 9.17) is 4.42 Å². The number of rotatable bonds is 8. The Balaban J connectivity index is 1.71. The van der Waals surface area contributed by atoms with Gasteiger partial charge in [-0.15, -0.1) is 0 Å². The number of hydrogen-bond acceptors (Lipinski definition) is 3. The van der Waals surface area contributed by atoms with Crippen LogP contribution >= 0.6 is 0 Å². The first-order valence-electron chi connectivity index (χ1n) is 11.1. The summed E-state index contributed by atoms with van der Waals surface area (Å²) in [5, 5.41) is 3.03. The molecule has 0 spiro atoms. The molecular weight excluding hydrogens is 360 g/mol. The first-order valence-corrected chi connectivity index (χ1v) is 11.1. The molecule has 1 unspecified atom stereocenters. The fourth-order valence-electron chi connectivity index (χ4n) is 4.00. The highest BCUT2D eigenvalue weighted by molar-refractivity contribution is 5.91. The zero-order valence-corrected chi connectivity index (χ0v) is 18.4. The quantitative estimate of drug-likeness (QED) is 0.623. The van der Waals surface area contributed by atoms with Crippen molar-refractivity contribution in [1.29, 1.82) is 0 Å². The van der Waals surface area contributed by atoms with Crippen LogP contribution in [0, 0.1) is 12.8 Å². The van der Waals surface area contributed by atoms with Gasteiger partial charge in [-0.25, -0.2) is 0 Å². The average molecular weight is 397 g/mol. The molecule has 1 aromatic heterocycles. The van der Waals surface area contributed by atoms with E-state index < -0.39 is 0 Å². The number of carbonyl (C=O) groups excluding carboxylic acids is 1. The molecule has 1 N–H and O–H groups in total. The van der Waals surface area contributed by atoms with E-state index in [1.54, 1.807) is 0 Å². The normalized spacial score (nSPS) is 16.3. The van der Waals surface area contributed by atoms with Crippen LogP contribution in [0.2, 0.25) is 0 Å². The lowest BCUT2D eigenvalue weighted by molar-refractivity contribution is 0.0892. The largest absolute Gasteiger partial charge is 0.455 e. The monoisotopic (exact) mass is 396 g/mol. The summed E-state index contributed by atoms with van der Waals surface area (Å²) in [5.74, 6) is 1.54. The summed E-state index contributed by atoms with van der Waals surface area (Å²) in [6.07, 6.45) is 6.42. The number of furan rings is 1. The van der Waals surface area contributed by atoms with Gasteiger partial charge in [0.25, 0.3) is 5.91 Å². The molecule has 1 saturated carbocycles. The predicted octanol–water partition coefficient (Wildman–Crippen LogP) is 5.70. The molecule has 0 saturated heterocycles. The third-order valence-electron chi connectivity index (χ3n) is 6.33. The molecule has 0 radical (unpaired) electrons. The van der Waals surface area contributed by atoms with Gasteiger partial charge in [-0.05, 0) is 55.9 Å². The summed E-state index contributed by atoms with van der Waals surface area (Å²) < 4.78 is 5.96. The van der Waals surface area contributed by atoms with Crippen molar-refractivity contribution in [3.8, 4) is 0 Å². The van der Waals surface area contributed by atoms with Crippen molar-refractivity contribution in [2.24, 2.45) is 5.92 Å². The van der Waals surface area contributed by atoms with Crippen molar-refractivity contribution < 1.29 is 9.21 Å². The number of nitrogens with zero attached hydrogens (tertiary/aromatic N) is 1. The Hall–Kier alpha value is -2.07. The molecule has 1 fully saturated rings. The van der Waals surface area contributed by atoms with Crippen LogP contribution in [0.3, 0.4) is 0 Å². The highest BCUT2D eigenvalue weighted by atomic mass is 16.4. The third-order valence-corrected chi connectivity index (χ3v) is 6.33. The van der Waals surface area contributed by atoms with Crippen LogP contribution < -0.4 is 5.32 Å². The average Bonchev–Trinajstić information content (AvgIpc) is 3.18. The molecule has 1 aromatic carbocycles. The summed E-state index contributed by atoms with van der Waals surface area (Å²) >= 11 is 0. The van der Waals surface area contributed by atoms with Crippen LogP contribution in [0.1, 0.15) is 80.3 Å². The maximum absolute atomic E-state index is 12.5. The highest BCUT2D eigenvalue weighted by Gasteiger charge is 2.24. The Bertz CT molecular complexity index is 790. The van der Waals surface area contributed by atoms with Gasteiger partial charge in [-0.2, -0.15) is 0 Å². The topological polar surface area (TPSA) is 45.5 Å². The van der Waals surface area contributed by atoms with E-state index in [1.165, 1.54) is 43.2 Å². The van der Waals surface area contributed by atoms with Gasteiger partial charge in [0.2, 0.25) is 0 Å². The first kappa shape index (κ1) is 21.6. The molecule has 1 aliphatic carbocycles. The van der Waals surface area contributed by atoms with Crippen LogP contribution in [0.15, 0.2) is 40.8 Å². The molecule has 0 aliphatic heterocycles. The maximum atomic E-state index is 12.5. The lowest BCUT2D eigenvalue weighted by Crippen LogP contribution is -2.36. The van der Waals surface area contributed by atoms with Gasteiger partial charge in [-0.1, -0.05) is 57.4 Å². The van der Waals surface area contributed by atoms with Crippen LogP contribution in [0.25, 0.3) is 0 Å². The smallest absolute Gasteiger partial charge is 0.287 e. The van der Waals surface area contributed by atoms with Gasteiger partial charge >= 0.3 is 0 Å². The maximum Gasteiger partial charge on any atom is 0.287 e. The van der Waals surface area contributed by atoms with E-state index in [0.717, 1.165) is 18.8 Å². The van der Waals surface area contributed by atoms with Gasteiger partial charge < -0.3 is 9.73 Å². The zero-order valence-electron chi connectivity index (χ0n) is 18.4. The zero-order chi connectivity index (χ0) is 20.8. The molecule has 3 rings (SSSR count). The highest BCUT2D eigenvalue weighted by Crippen LogP contribution is 2.27. The Morgan fingerprint density at radius 1 is 1.07 bits per heavy atom. The van der Waals surface area contributed by atoms with E-state index in [9.17, 15) is 4.79 Å². The number of nitrogens with one attached hydrogen (secondary N) is 1. The molecular formula is C25H36N2O2. The minimum Gasteiger partial charge on any atom is -0.455 e. The summed E-state index contributed by atoms with van der Waals surface area (Å²) in [7, 11) is 0. The Morgan fingerprint density at radius 2 is 1.79 bits per heavy atom. The van der Waals surface area contributed by atoms with Crippen molar-refractivity contribution in [3.05, 3.63) is 59.0 Å². The molecule has 29 heavy (non-hydrogen) atoms. The molecule has 1 amide bonds. The number of hydrogen-bond donors (Lipinski definition) is 1. The Kier molecular flexibility index (Phi) is 7.54. The van der Waals surface area contributed by atoms with E-state index in [-0.39, 0.29) is 11.9 Å². The van der Waals surface area contributed by atoms with Gasteiger partial charge in [0.05, 0.1) is 6.54 Å². The molecule has 4 nitrogen and oxygen atoms in total. The summed E-state index contributed by atoms with van der Waals surface area (Å²) in [5.41, 5.74) is 2.70. The summed E-state index contributed by atoms with van der Waals surface area (Å²) in [6, 6.07) is 13.1. The van der Waals surface area contributed by atoms with Gasteiger partial charge in [0, 0.05) is 18.6 Å². The lowest BCUT2D eigenvalue weighted by Gasteiger charge is -2.34. The SMILES string of the molecule is Cc1ccccc1CN(Cc1ccc(C(=O)NC(C)C(C)C)o1)C1CCCCC1.